The number of hydrogen-bond acceptors (Lipinski definition) is 2. The zero-order chi connectivity index (χ0) is 17.6. The Morgan fingerprint density at radius 3 is 1.80 bits per heavy atom. The largest absolute Gasteiger partial charge is 0.370 e. The summed E-state index contributed by atoms with van der Waals surface area (Å²) in [5.74, 6) is -1.03. The predicted molar refractivity (Wildman–Crippen MR) is 94.2 cm³/mol. The van der Waals surface area contributed by atoms with E-state index < -0.39 is 6.04 Å². The van der Waals surface area contributed by atoms with Crippen LogP contribution >= 0.6 is 0 Å². The van der Waals surface area contributed by atoms with Gasteiger partial charge in [-0.1, -0.05) is 30.3 Å². The molecule has 5 heteroatoms. The molecule has 3 aromatic rings. The number of halogens is 2. The Hall–Kier alpha value is -3.21. The maximum Gasteiger partial charge on any atom is 0.251 e. The molecule has 0 saturated heterocycles. The minimum atomic E-state index is -0.684. The number of anilines is 2. The molecule has 1 unspecified atom stereocenters. The van der Waals surface area contributed by atoms with Crippen LogP contribution in [0.25, 0.3) is 0 Å². The van der Waals surface area contributed by atoms with Gasteiger partial charge < -0.3 is 10.6 Å². The number of carbonyl (C=O) groups is 1. The summed E-state index contributed by atoms with van der Waals surface area (Å²) in [6.07, 6.45) is 0. The molecule has 0 radical (unpaired) electrons. The number of rotatable bonds is 5. The molecule has 0 fully saturated rings. The van der Waals surface area contributed by atoms with E-state index in [-0.39, 0.29) is 17.5 Å². The van der Waals surface area contributed by atoms with Gasteiger partial charge in [0.2, 0.25) is 0 Å². The molecule has 0 aliphatic carbocycles. The molecule has 1 amide bonds. The Labute approximate surface area is 144 Å². The Bertz CT molecular complexity index is 834. The first-order valence-corrected chi connectivity index (χ1v) is 7.75. The van der Waals surface area contributed by atoms with Crippen LogP contribution in [-0.4, -0.2) is 5.91 Å². The van der Waals surface area contributed by atoms with E-state index in [0.717, 1.165) is 5.56 Å². The quantitative estimate of drug-likeness (QED) is 0.704. The van der Waals surface area contributed by atoms with Crippen LogP contribution in [0.4, 0.5) is 20.2 Å². The fourth-order valence-electron chi connectivity index (χ4n) is 2.41. The lowest BCUT2D eigenvalue weighted by molar-refractivity contribution is -0.117. The lowest BCUT2D eigenvalue weighted by Gasteiger charge is -2.20. The van der Waals surface area contributed by atoms with Gasteiger partial charge >= 0.3 is 0 Å². The summed E-state index contributed by atoms with van der Waals surface area (Å²) in [6.45, 7) is 0. The normalized spacial score (nSPS) is 11.6. The van der Waals surface area contributed by atoms with Crippen LogP contribution < -0.4 is 10.6 Å². The second-order valence-electron chi connectivity index (χ2n) is 5.49. The van der Waals surface area contributed by atoms with Crippen molar-refractivity contribution >= 4 is 17.3 Å². The summed E-state index contributed by atoms with van der Waals surface area (Å²) in [6, 6.07) is 19.8. The average Bonchev–Trinajstić information content (AvgIpc) is 2.64. The van der Waals surface area contributed by atoms with Crippen molar-refractivity contribution in [3.63, 3.8) is 0 Å². The van der Waals surface area contributed by atoms with Crippen LogP contribution in [0.3, 0.4) is 0 Å². The molecule has 126 valence electrons. The fourth-order valence-corrected chi connectivity index (χ4v) is 2.41. The molecule has 0 aliphatic heterocycles. The maximum absolute atomic E-state index is 13.1. The van der Waals surface area contributed by atoms with E-state index in [9.17, 15) is 13.6 Å². The zero-order valence-corrected chi connectivity index (χ0v) is 13.2. The number of carbonyl (C=O) groups excluding carboxylic acids is 1. The zero-order valence-electron chi connectivity index (χ0n) is 13.2. The summed E-state index contributed by atoms with van der Waals surface area (Å²) in [5.41, 5.74) is 1.86. The molecule has 0 bridgehead atoms. The Kier molecular flexibility index (Phi) is 5.04. The molecule has 3 nitrogen and oxygen atoms in total. The molecule has 0 saturated carbocycles. The van der Waals surface area contributed by atoms with Crippen molar-refractivity contribution in [1.82, 2.24) is 0 Å². The molecule has 25 heavy (non-hydrogen) atoms. The first-order valence-electron chi connectivity index (χ1n) is 7.75. The molecular weight excluding hydrogens is 322 g/mol. The van der Waals surface area contributed by atoms with Crippen LogP contribution in [0.2, 0.25) is 0 Å². The summed E-state index contributed by atoms with van der Waals surface area (Å²) in [5, 5.41) is 5.86. The van der Waals surface area contributed by atoms with E-state index in [1.807, 2.05) is 30.3 Å². The summed E-state index contributed by atoms with van der Waals surface area (Å²) >= 11 is 0. The SMILES string of the molecule is O=C(Nc1ccc(F)cc1)C(Nc1ccc(F)cc1)c1ccccc1. The monoisotopic (exact) mass is 338 g/mol. The van der Waals surface area contributed by atoms with Gasteiger partial charge in [-0.05, 0) is 54.1 Å². The van der Waals surface area contributed by atoms with Crippen LogP contribution in [0.1, 0.15) is 11.6 Å². The Morgan fingerprint density at radius 2 is 1.24 bits per heavy atom. The second kappa shape index (κ2) is 7.57. The smallest absolute Gasteiger partial charge is 0.251 e. The van der Waals surface area contributed by atoms with Crippen molar-refractivity contribution in [1.29, 1.82) is 0 Å². The van der Waals surface area contributed by atoms with E-state index in [4.69, 9.17) is 0 Å². The minimum Gasteiger partial charge on any atom is -0.370 e. The van der Waals surface area contributed by atoms with Crippen molar-refractivity contribution in [2.75, 3.05) is 10.6 Å². The van der Waals surface area contributed by atoms with Gasteiger partial charge in [0.1, 0.15) is 17.7 Å². The molecule has 2 N–H and O–H groups in total. The highest BCUT2D eigenvalue weighted by molar-refractivity contribution is 5.97. The fraction of sp³-hybridized carbons (Fsp3) is 0.0500. The first-order chi connectivity index (χ1) is 12.1. The van der Waals surface area contributed by atoms with Gasteiger partial charge in [0.15, 0.2) is 0 Å². The molecule has 0 heterocycles. The number of hydrogen-bond donors (Lipinski definition) is 2. The van der Waals surface area contributed by atoms with Gasteiger partial charge in [-0.3, -0.25) is 4.79 Å². The number of benzene rings is 3. The van der Waals surface area contributed by atoms with Crippen molar-refractivity contribution in [2.24, 2.45) is 0 Å². The third-order valence-electron chi connectivity index (χ3n) is 3.66. The summed E-state index contributed by atoms with van der Waals surface area (Å²) in [4.78, 5) is 12.7. The number of amides is 1. The van der Waals surface area contributed by atoms with E-state index in [0.29, 0.717) is 11.4 Å². The van der Waals surface area contributed by atoms with Crippen molar-refractivity contribution in [3.8, 4) is 0 Å². The van der Waals surface area contributed by atoms with Gasteiger partial charge in [-0.25, -0.2) is 8.78 Å². The topological polar surface area (TPSA) is 41.1 Å². The molecule has 0 aliphatic rings. The van der Waals surface area contributed by atoms with Crippen molar-refractivity contribution in [2.45, 2.75) is 6.04 Å². The second-order valence-corrected chi connectivity index (χ2v) is 5.49. The van der Waals surface area contributed by atoms with E-state index in [2.05, 4.69) is 10.6 Å². The Balaban J connectivity index is 1.83. The van der Waals surface area contributed by atoms with Gasteiger partial charge in [0.05, 0.1) is 0 Å². The van der Waals surface area contributed by atoms with Crippen LogP contribution in [0, 0.1) is 11.6 Å². The van der Waals surface area contributed by atoms with Crippen LogP contribution in [0.15, 0.2) is 78.9 Å². The molecule has 0 spiro atoms. The van der Waals surface area contributed by atoms with Gasteiger partial charge in [0, 0.05) is 11.4 Å². The highest BCUT2D eigenvalue weighted by atomic mass is 19.1. The third kappa shape index (κ3) is 4.41. The Morgan fingerprint density at radius 1 is 0.720 bits per heavy atom. The highest BCUT2D eigenvalue weighted by Crippen LogP contribution is 2.22. The lowest BCUT2D eigenvalue weighted by atomic mass is 10.1. The van der Waals surface area contributed by atoms with E-state index in [1.165, 1.54) is 36.4 Å². The average molecular weight is 338 g/mol. The molecular formula is C20H16F2N2O. The van der Waals surface area contributed by atoms with E-state index in [1.54, 1.807) is 12.1 Å². The summed E-state index contributed by atoms with van der Waals surface area (Å²) < 4.78 is 26.1. The van der Waals surface area contributed by atoms with Crippen molar-refractivity contribution in [3.05, 3.63) is 96.1 Å². The van der Waals surface area contributed by atoms with Gasteiger partial charge in [-0.2, -0.15) is 0 Å². The van der Waals surface area contributed by atoms with Crippen molar-refractivity contribution < 1.29 is 13.6 Å². The van der Waals surface area contributed by atoms with Crippen LogP contribution in [-0.2, 0) is 4.79 Å². The minimum absolute atomic E-state index is 0.304. The lowest BCUT2D eigenvalue weighted by Crippen LogP contribution is -2.27. The van der Waals surface area contributed by atoms with Crippen LogP contribution in [0.5, 0.6) is 0 Å². The maximum atomic E-state index is 13.1. The molecule has 3 rings (SSSR count). The molecule has 1 atom stereocenters. The van der Waals surface area contributed by atoms with Gasteiger partial charge in [-0.15, -0.1) is 0 Å². The predicted octanol–water partition coefficient (Wildman–Crippen LogP) is 4.76. The molecule has 3 aromatic carbocycles. The highest BCUT2D eigenvalue weighted by Gasteiger charge is 2.20. The third-order valence-corrected chi connectivity index (χ3v) is 3.66. The van der Waals surface area contributed by atoms with Gasteiger partial charge in [0.25, 0.3) is 5.91 Å². The van der Waals surface area contributed by atoms with E-state index >= 15 is 0 Å². The molecule has 0 aromatic heterocycles. The summed E-state index contributed by atoms with van der Waals surface area (Å²) in [7, 11) is 0. The standard InChI is InChI=1S/C20H16F2N2O/c21-15-6-10-17(11-7-15)23-19(14-4-2-1-3-5-14)20(25)24-18-12-8-16(22)9-13-18/h1-13,19,23H,(H,24,25). The first kappa shape index (κ1) is 16.6. The number of nitrogens with one attached hydrogen (secondary N) is 2.